The van der Waals surface area contributed by atoms with Crippen LogP contribution in [0.2, 0.25) is 0 Å². The topological polar surface area (TPSA) is 81.9 Å². The number of hydrogen-bond donors (Lipinski definition) is 1. The molecule has 1 N–H and O–H groups in total. The lowest BCUT2D eigenvalue weighted by Crippen LogP contribution is -2.37. The third-order valence-corrected chi connectivity index (χ3v) is 4.68. The quantitative estimate of drug-likeness (QED) is 0.868. The normalized spacial score (nSPS) is 15.8. The molecular formula is C19H18F3N5O. The van der Waals surface area contributed by atoms with Crippen LogP contribution in [-0.4, -0.2) is 34.1 Å². The first kappa shape index (κ1) is 19.8. The highest BCUT2D eigenvalue weighted by Crippen LogP contribution is 2.29. The van der Waals surface area contributed by atoms with E-state index in [1.54, 1.807) is 0 Å². The number of carbonyl (C=O) groups excluding carboxylic acids is 1. The monoisotopic (exact) mass is 389 g/mol. The van der Waals surface area contributed by atoms with E-state index >= 15 is 0 Å². The van der Waals surface area contributed by atoms with E-state index in [4.69, 9.17) is 5.26 Å². The van der Waals surface area contributed by atoms with E-state index in [-0.39, 0.29) is 17.5 Å². The lowest BCUT2D eigenvalue weighted by Gasteiger charge is -2.31. The average molecular weight is 389 g/mol. The maximum absolute atomic E-state index is 12.6. The van der Waals surface area contributed by atoms with Gasteiger partial charge in [0.1, 0.15) is 6.07 Å². The Morgan fingerprint density at radius 1 is 1.14 bits per heavy atom. The Labute approximate surface area is 160 Å². The number of piperidine rings is 1. The summed E-state index contributed by atoms with van der Waals surface area (Å²) >= 11 is 0. The van der Waals surface area contributed by atoms with Crippen molar-refractivity contribution in [3.8, 4) is 6.07 Å². The maximum atomic E-state index is 12.6. The minimum Gasteiger partial charge on any atom is -0.309 e. The van der Waals surface area contributed by atoms with Gasteiger partial charge in [-0.25, -0.2) is 0 Å². The first-order valence-corrected chi connectivity index (χ1v) is 8.78. The highest BCUT2D eigenvalue weighted by Gasteiger charge is 2.30. The number of aromatic nitrogens is 2. The van der Waals surface area contributed by atoms with E-state index in [9.17, 15) is 18.0 Å². The molecule has 2 heterocycles. The zero-order chi connectivity index (χ0) is 20.1. The van der Waals surface area contributed by atoms with Crippen molar-refractivity contribution in [2.24, 2.45) is 5.92 Å². The van der Waals surface area contributed by atoms with Gasteiger partial charge in [0, 0.05) is 12.5 Å². The highest BCUT2D eigenvalue weighted by atomic mass is 19.4. The number of amides is 1. The van der Waals surface area contributed by atoms with Gasteiger partial charge in [-0.1, -0.05) is 12.1 Å². The molecule has 1 amide bonds. The molecule has 1 saturated heterocycles. The Balaban J connectivity index is 1.48. The van der Waals surface area contributed by atoms with Crippen LogP contribution in [0, 0.1) is 17.2 Å². The Morgan fingerprint density at radius 3 is 2.36 bits per heavy atom. The number of halogens is 3. The first-order valence-electron chi connectivity index (χ1n) is 8.78. The number of nitrogens with zero attached hydrogens (tertiary/aromatic N) is 4. The van der Waals surface area contributed by atoms with Crippen molar-refractivity contribution in [3.63, 3.8) is 0 Å². The Hall–Kier alpha value is -2.99. The van der Waals surface area contributed by atoms with Crippen molar-refractivity contribution < 1.29 is 18.0 Å². The highest BCUT2D eigenvalue weighted by molar-refractivity contribution is 5.91. The van der Waals surface area contributed by atoms with Gasteiger partial charge in [-0.05, 0) is 55.8 Å². The van der Waals surface area contributed by atoms with Gasteiger partial charge < -0.3 is 5.32 Å². The largest absolute Gasteiger partial charge is 0.416 e. The van der Waals surface area contributed by atoms with Gasteiger partial charge in [0.25, 0.3) is 0 Å². The number of likely N-dealkylation sites (tertiary alicyclic amines) is 1. The van der Waals surface area contributed by atoms with Crippen LogP contribution in [0.25, 0.3) is 0 Å². The van der Waals surface area contributed by atoms with Crippen molar-refractivity contribution >= 4 is 11.7 Å². The Kier molecular flexibility index (Phi) is 5.90. The van der Waals surface area contributed by atoms with Gasteiger partial charge in [-0.3, -0.25) is 9.69 Å². The van der Waals surface area contributed by atoms with Crippen molar-refractivity contribution in [3.05, 3.63) is 53.2 Å². The van der Waals surface area contributed by atoms with Gasteiger partial charge in [-0.2, -0.15) is 18.4 Å². The summed E-state index contributed by atoms with van der Waals surface area (Å²) in [6.07, 6.45) is -3.03. The molecule has 0 bridgehead atoms. The van der Waals surface area contributed by atoms with E-state index in [0.717, 1.165) is 17.7 Å². The van der Waals surface area contributed by atoms with Crippen LogP contribution in [0.1, 0.15) is 29.7 Å². The molecule has 6 nitrogen and oxygen atoms in total. The minimum atomic E-state index is -4.33. The van der Waals surface area contributed by atoms with Gasteiger partial charge in [0.2, 0.25) is 5.91 Å². The zero-order valence-electron chi connectivity index (χ0n) is 14.9. The molecule has 1 fully saturated rings. The third kappa shape index (κ3) is 5.04. The molecule has 0 aliphatic carbocycles. The van der Waals surface area contributed by atoms with E-state index in [1.165, 1.54) is 24.3 Å². The summed E-state index contributed by atoms with van der Waals surface area (Å²) in [6.45, 7) is 1.91. The third-order valence-electron chi connectivity index (χ3n) is 4.68. The average Bonchev–Trinajstić information content (AvgIpc) is 2.69. The van der Waals surface area contributed by atoms with Gasteiger partial charge >= 0.3 is 6.18 Å². The summed E-state index contributed by atoms with van der Waals surface area (Å²) in [5, 5.41) is 18.9. The summed E-state index contributed by atoms with van der Waals surface area (Å²) in [5.41, 5.74) is 0.330. The van der Waals surface area contributed by atoms with Crippen molar-refractivity contribution in [1.82, 2.24) is 15.1 Å². The van der Waals surface area contributed by atoms with Gasteiger partial charge in [0.15, 0.2) is 11.5 Å². The molecular weight excluding hydrogens is 371 g/mol. The summed E-state index contributed by atoms with van der Waals surface area (Å²) in [4.78, 5) is 14.5. The van der Waals surface area contributed by atoms with Crippen LogP contribution in [0.15, 0.2) is 36.4 Å². The predicted octanol–water partition coefficient (Wildman–Crippen LogP) is 3.22. The lowest BCUT2D eigenvalue weighted by molar-refractivity contribution is -0.137. The number of nitriles is 1. The second kappa shape index (κ2) is 8.35. The number of anilines is 1. The van der Waals surface area contributed by atoms with Crippen LogP contribution in [0.3, 0.4) is 0 Å². The number of nitrogens with one attached hydrogen (secondary N) is 1. The predicted molar refractivity (Wildman–Crippen MR) is 94.8 cm³/mol. The van der Waals surface area contributed by atoms with Crippen molar-refractivity contribution in [1.29, 1.82) is 5.26 Å². The summed E-state index contributed by atoms with van der Waals surface area (Å²) in [7, 11) is 0. The number of carbonyl (C=O) groups is 1. The Morgan fingerprint density at radius 2 is 1.82 bits per heavy atom. The molecule has 9 heteroatoms. The molecule has 0 radical (unpaired) electrons. The maximum Gasteiger partial charge on any atom is 0.416 e. The molecule has 1 aromatic carbocycles. The Bertz CT molecular complexity index is 851. The first-order chi connectivity index (χ1) is 13.3. The number of benzene rings is 1. The zero-order valence-corrected chi connectivity index (χ0v) is 14.9. The van der Waals surface area contributed by atoms with Crippen LogP contribution < -0.4 is 5.32 Å². The molecule has 0 unspecified atom stereocenters. The van der Waals surface area contributed by atoms with E-state index < -0.39 is 11.7 Å². The van der Waals surface area contributed by atoms with E-state index in [2.05, 4.69) is 20.4 Å². The smallest absolute Gasteiger partial charge is 0.309 e. The summed E-state index contributed by atoms with van der Waals surface area (Å²) in [5.74, 6) is -0.00864. The van der Waals surface area contributed by atoms with Crippen LogP contribution in [0.5, 0.6) is 0 Å². The molecule has 0 spiro atoms. The van der Waals surface area contributed by atoms with E-state index in [0.29, 0.717) is 38.3 Å². The fourth-order valence-electron chi connectivity index (χ4n) is 3.10. The molecule has 1 aliphatic heterocycles. The molecule has 0 atom stereocenters. The molecule has 3 rings (SSSR count). The number of alkyl halides is 3. The SMILES string of the molecule is N#Cc1ccc(NC(=O)C2CCN(Cc3ccc(C(F)(F)F)cc3)CC2)nn1. The van der Waals surface area contributed by atoms with Crippen LogP contribution in [-0.2, 0) is 17.5 Å². The second-order valence-corrected chi connectivity index (χ2v) is 6.65. The van der Waals surface area contributed by atoms with Gasteiger partial charge in [0.05, 0.1) is 5.56 Å². The molecule has 28 heavy (non-hydrogen) atoms. The fraction of sp³-hybridized carbons (Fsp3) is 0.368. The van der Waals surface area contributed by atoms with Gasteiger partial charge in [-0.15, -0.1) is 10.2 Å². The fourth-order valence-corrected chi connectivity index (χ4v) is 3.10. The summed E-state index contributed by atoms with van der Waals surface area (Å²) < 4.78 is 37.9. The van der Waals surface area contributed by atoms with Crippen molar-refractivity contribution in [2.45, 2.75) is 25.6 Å². The lowest BCUT2D eigenvalue weighted by atomic mass is 9.95. The second-order valence-electron chi connectivity index (χ2n) is 6.65. The summed E-state index contributed by atoms with van der Waals surface area (Å²) in [6, 6.07) is 10.0. The molecule has 0 saturated carbocycles. The molecule has 146 valence electrons. The van der Waals surface area contributed by atoms with Crippen LogP contribution >= 0.6 is 0 Å². The molecule has 1 aromatic heterocycles. The number of hydrogen-bond acceptors (Lipinski definition) is 5. The van der Waals surface area contributed by atoms with Crippen molar-refractivity contribution in [2.75, 3.05) is 18.4 Å². The molecule has 1 aliphatic rings. The van der Waals surface area contributed by atoms with E-state index in [1.807, 2.05) is 6.07 Å². The standard InChI is InChI=1S/C19H18F3N5O/c20-19(21,22)15-3-1-13(2-4-15)12-27-9-7-14(8-10-27)18(28)24-17-6-5-16(11-23)25-26-17/h1-6,14H,7-10,12H2,(H,24,26,28). The minimum absolute atomic E-state index is 0.145. The number of rotatable bonds is 4. The van der Waals surface area contributed by atoms with Crippen LogP contribution in [0.4, 0.5) is 19.0 Å². The molecule has 2 aromatic rings.